The minimum absolute atomic E-state index is 0.225. The van der Waals surface area contributed by atoms with Crippen molar-refractivity contribution in [3.8, 4) is 0 Å². The van der Waals surface area contributed by atoms with Gasteiger partial charge in [0, 0.05) is 0 Å². The van der Waals surface area contributed by atoms with Crippen molar-refractivity contribution in [1.82, 2.24) is 4.90 Å². The summed E-state index contributed by atoms with van der Waals surface area (Å²) in [7, 11) is 2.07. The van der Waals surface area contributed by atoms with Crippen molar-refractivity contribution in [2.75, 3.05) is 13.6 Å². The van der Waals surface area contributed by atoms with Crippen molar-refractivity contribution in [1.29, 1.82) is 0 Å². The number of nitrogens with two attached hydrogens (primary N) is 1. The van der Waals surface area contributed by atoms with Crippen LogP contribution in [0.4, 0.5) is 0 Å². The van der Waals surface area contributed by atoms with Gasteiger partial charge in [0.15, 0.2) is 0 Å². The number of unbranched alkanes of at least 4 members (excludes halogenated alkanes) is 1. The standard InChI is InChI=1S/C10H22N2/c1-5-7-9-12(4)10(3,11)8-6-2/h6H,2,5,7-9,11H2,1,3-4H3. The van der Waals surface area contributed by atoms with Gasteiger partial charge in [0.05, 0.1) is 5.66 Å². The van der Waals surface area contributed by atoms with E-state index in [1.807, 2.05) is 13.0 Å². The minimum atomic E-state index is -0.225. The molecule has 0 aliphatic rings. The Bertz CT molecular complexity index is 130. The zero-order valence-electron chi connectivity index (χ0n) is 8.64. The third-order valence-electron chi connectivity index (χ3n) is 2.28. The maximum atomic E-state index is 6.07. The van der Waals surface area contributed by atoms with Crippen molar-refractivity contribution >= 4 is 0 Å². The van der Waals surface area contributed by atoms with Gasteiger partial charge in [-0.1, -0.05) is 19.4 Å². The molecule has 0 aromatic rings. The first kappa shape index (κ1) is 11.7. The van der Waals surface area contributed by atoms with Gasteiger partial charge in [-0.25, -0.2) is 0 Å². The van der Waals surface area contributed by atoms with Crippen LogP contribution < -0.4 is 5.73 Å². The van der Waals surface area contributed by atoms with Gasteiger partial charge < -0.3 is 5.73 Å². The molecule has 0 saturated carbocycles. The van der Waals surface area contributed by atoms with Crippen LogP contribution in [0.1, 0.15) is 33.1 Å². The molecular formula is C10H22N2. The molecular weight excluding hydrogens is 148 g/mol. The third kappa shape index (κ3) is 3.88. The first-order valence-corrected chi connectivity index (χ1v) is 4.65. The summed E-state index contributed by atoms with van der Waals surface area (Å²) in [6, 6.07) is 0. The summed E-state index contributed by atoms with van der Waals surface area (Å²) >= 11 is 0. The molecule has 0 rings (SSSR count). The fourth-order valence-corrected chi connectivity index (χ4v) is 1.10. The van der Waals surface area contributed by atoms with E-state index in [1.165, 1.54) is 12.8 Å². The van der Waals surface area contributed by atoms with Crippen LogP contribution in [-0.2, 0) is 0 Å². The summed E-state index contributed by atoms with van der Waals surface area (Å²) in [6.45, 7) is 9.00. The lowest BCUT2D eigenvalue weighted by atomic mass is 10.1. The second-order valence-corrected chi connectivity index (χ2v) is 3.63. The molecule has 0 heterocycles. The van der Waals surface area contributed by atoms with E-state index < -0.39 is 0 Å². The molecule has 0 amide bonds. The van der Waals surface area contributed by atoms with E-state index in [9.17, 15) is 0 Å². The summed E-state index contributed by atoms with van der Waals surface area (Å²) in [5.41, 5.74) is 5.84. The van der Waals surface area contributed by atoms with Crippen LogP contribution in [0.25, 0.3) is 0 Å². The highest BCUT2D eigenvalue weighted by Crippen LogP contribution is 2.11. The summed E-state index contributed by atoms with van der Waals surface area (Å²) < 4.78 is 0. The zero-order valence-corrected chi connectivity index (χ0v) is 8.64. The lowest BCUT2D eigenvalue weighted by Crippen LogP contribution is -2.51. The molecule has 2 N–H and O–H groups in total. The molecule has 0 saturated heterocycles. The summed E-state index contributed by atoms with van der Waals surface area (Å²) in [4.78, 5) is 2.19. The van der Waals surface area contributed by atoms with Crippen molar-refractivity contribution in [3.63, 3.8) is 0 Å². The number of hydrogen-bond acceptors (Lipinski definition) is 2. The van der Waals surface area contributed by atoms with Crippen molar-refractivity contribution < 1.29 is 0 Å². The molecule has 0 radical (unpaired) electrons. The SMILES string of the molecule is C=CCC(C)(N)N(C)CCCC. The van der Waals surface area contributed by atoms with E-state index in [0.717, 1.165) is 13.0 Å². The van der Waals surface area contributed by atoms with E-state index in [0.29, 0.717) is 0 Å². The predicted octanol–water partition coefficient (Wildman–Crippen LogP) is 1.97. The lowest BCUT2D eigenvalue weighted by Gasteiger charge is -2.34. The fraction of sp³-hybridized carbons (Fsp3) is 0.800. The van der Waals surface area contributed by atoms with Crippen molar-refractivity contribution in [2.45, 2.75) is 38.8 Å². The van der Waals surface area contributed by atoms with E-state index in [2.05, 4.69) is 25.5 Å². The fourth-order valence-electron chi connectivity index (χ4n) is 1.10. The van der Waals surface area contributed by atoms with Crippen molar-refractivity contribution in [3.05, 3.63) is 12.7 Å². The highest BCUT2D eigenvalue weighted by Gasteiger charge is 2.21. The molecule has 0 aliphatic heterocycles. The Balaban J connectivity index is 3.86. The number of hydrogen-bond donors (Lipinski definition) is 1. The smallest absolute Gasteiger partial charge is 0.0690 e. The van der Waals surface area contributed by atoms with Crippen LogP contribution in [0.3, 0.4) is 0 Å². The van der Waals surface area contributed by atoms with Crippen LogP contribution in [0.5, 0.6) is 0 Å². The van der Waals surface area contributed by atoms with Gasteiger partial charge in [0.2, 0.25) is 0 Å². The second kappa shape index (κ2) is 5.33. The van der Waals surface area contributed by atoms with Gasteiger partial charge in [0.1, 0.15) is 0 Å². The molecule has 0 aliphatic carbocycles. The zero-order chi connectivity index (χ0) is 9.61. The Morgan fingerprint density at radius 3 is 2.58 bits per heavy atom. The number of rotatable bonds is 6. The highest BCUT2D eigenvalue weighted by atomic mass is 15.2. The molecule has 0 aromatic heterocycles. The Labute approximate surface area is 76.4 Å². The van der Waals surface area contributed by atoms with Gasteiger partial charge >= 0.3 is 0 Å². The highest BCUT2D eigenvalue weighted by molar-refractivity contribution is 4.85. The molecule has 72 valence electrons. The molecule has 0 fully saturated rings. The first-order valence-electron chi connectivity index (χ1n) is 4.65. The molecule has 0 bridgehead atoms. The van der Waals surface area contributed by atoms with Crippen LogP contribution in [-0.4, -0.2) is 24.2 Å². The average Bonchev–Trinajstić information content (AvgIpc) is 2.00. The van der Waals surface area contributed by atoms with Crippen LogP contribution in [0.2, 0.25) is 0 Å². The van der Waals surface area contributed by atoms with E-state index >= 15 is 0 Å². The molecule has 0 aromatic carbocycles. The van der Waals surface area contributed by atoms with Gasteiger partial charge in [-0.2, -0.15) is 0 Å². The number of nitrogens with zero attached hydrogens (tertiary/aromatic N) is 1. The average molecular weight is 170 g/mol. The van der Waals surface area contributed by atoms with E-state index in [4.69, 9.17) is 5.73 Å². The van der Waals surface area contributed by atoms with Crippen molar-refractivity contribution in [2.24, 2.45) is 5.73 Å². The van der Waals surface area contributed by atoms with Gasteiger partial charge in [-0.15, -0.1) is 6.58 Å². The molecule has 0 spiro atoms. The quantitative estimate of drug-likeness (QED) is 0.488. The third-order valence-corrected chi connectivity index (χ3v) is 2.28. The van der Waals surface area contributed by atoms with Crippen LogP contribution >= 0.6 is 0 Å². The monoisotopic (exact) mass is 170 g/mol. The second-order valence-electron chi connectivity index (χ2n) is 3.63. The Morgan fingerprint density at radius 2 is 2.17 bits per heavy atom. The van der Waals surface area contributed by atoms with E-state index in [1.54, 1.807) is 0 Å². The Hall–Kier alpha value is -0.340. The van der Waals surface area contributed by atoms with Gasteiger partial charge in [0.25, 0.3) is 0 Å². The molecule has 1 atom stereocenters. The topological polar surface area (TPSA) is 29.3 Å². The maximum Gasteiger partial charge on any atom is 0.0690 e. The Morgan fingerprint density at radius 1 is 1.58 bits per heavy atom. The lowest BCUT2D eigenvalue weighted by molar-refractivity contribution is 0.144. The largest absolute Gasteiger partial charge is 0.313 e. The van der Waals surface area contributed by atoms with Gasteiger partial charge in [-0.05, 0) is 33.4 Å². The molecule has 12 heavy (non-hydrogen) atoms. The molecule has 2 heteroatoms. The van der Waals surface area contributed by atoms with E-state index in [-0.39, 0.29) is 5.66 Å². The maximum absolute atomic E-state index is 6.07. The Kier molecular flexibility index (Phi) is 5.18. The molecule has 1 unspecified atom stereocenters. The van der Waals surface area contributed by atoms with Crippen LogP contribution in [0.15, 0.2) is 12.7 Å². The summed E-state index contributed by atoms with van der Waals surface area (Å²) in [5, 5.41) is 0. The minimum Gasteiger partial charge on any atom is -0.313 e. The molecule has 2 nitrogen and oxygen atoms in total. The van der Waals surface area contributed by atoms with Gasteiger partial charge in [-0.3, -0.25) is 4.90 Å². The summed E-state index contributed by atoms with van der Waals surface area (Å²) in [5.74, 6) is 0. The van der Waals surface area contributed by atoms with Crippen LogP contribution in [0, 0.1) is 0 Å². The predicted molar refractivity (Wildman–Crippen MR) is 54.9 cm³/mol. The first-order chi connectivity index (χ1) is 5.54. The normalized spacial score (nSPS) is 16.1. The summed E-state index contributed by atoms with van der Waals surface area (Å²) in [6.07, 6.45) is 5.14.